The number of nitrogens with two attached hydrogens (primary N) is 1. The summed E-state index contributed by atoms with van der Waals surface area (Å²) < 4.78 is 0. The molecule has 0 heterocycles. The SMILES string of the molecule is N#CC[C@@H](N)c1ccc(O)c(C(=O)O)c1. The number of aromatic carboxylic acids is 1. The largest absolute Gasteiger partial charge is 0.507 e. The van der Waals surface area contributed by atoms with Gasteiger partial charge < -0.3 is 15.9 Å². The van der Waals surface area contributed by atoms with Crippen LogP contribution in [0, 0.1) is 11.3 Å². The zero-order chi connectivity index (χ0) is 11.4. The Morgan fingerprint density at radius 2 is 2.27 bits per heavy atom. The van der Waals surface area contributed by atoms with Gasteiger partial charge in [0.1, 0.15) is 11.3 Å². The fourth-order valence-electron chi connectivity index (χ4n) is 1.17. The molecule has 1 aromatic rings. The molecular formula is C10H10N2O3. The highest BCUT2D eigenvalue weighted by atomic mass is 16.4. The Labute approximate surface area is 86.4 Å². The van der Waals surface area contributed by atoms with Crippen molar-refractivity contribution >= 4 is 5.97 Å². The van der Waals surface area contributed by atoms with E-state index >= 15 is 0 Å². The van der Waals surface area contributed by atoms with Gasteiger partial charge in [0, 0.05) is 6.04 Å². The molecule has 0 saturated carbocycles. The van der Waals surface area contributed by atoms with Crippen LogP contribution < -0.4 is 5.73 Å². The summed E-state index contributed by atoms with van der Waals surface area (Å²) in [7, 11) is 0. The topological polar surface area (TPSA) is 107 Å². The number of rotatable bonds is 3. The van der Waals surface area contributed by atoms with E-state index in [1.807, 2.05) is 6.07 Å². The zero-order valence-corrected chi connectivity index (χ0v) is 7.84. The van der Waals surface area contributed by atoms with Crippen molar-refractivity contribution in [1.29, 1.82) is 5.26 Å². The van der Waals surface area contributed by atoms with Crippen molar-refractivity contribution in [3.8, 4) is 11.8 Å². The number of hydrogen-bond donors (Lipinski definition) is 3. The summed E-state index contributed by atoms with van der Waals surface area (Å²) in [6.45, 7) is 0. The molecule has 1 rings (SSSR count). The van der Waals surface area contributed by atoms with Crippen LogP contribution in [0.25, 0.3) is 0 Å². The van der Waals surface area contributed by atoms with Crippen LogP contribution in [0.5, 0.6) is 5.75 Å². The molecule has 0 fully saturated rings. The summed E-state index contributed by atoms with van der Waals surface area (Å²) in [5.74, 6) is -1.53. The minimum Gasteiger partial charge on any atom is -0.507 e. The van der Waals surface area contributed by atoms with E-state index in [4.69, 9.17) is 16.1 Å². The number of carboxylic acid groups (broad SMARTS) is 1. The number of aromatic hydroxyl groups is 1. The predicted octanol–water partition coefficient (Wildman–Crippen LogP) is 1.00. The van der Waals surface area contributed by atoms with Crippen LogP contribution in [0.15, 0.2) is 18.2 Å². The third-order valence-corrected chi connectivity index (χ3v) is 1.99. The lowest BCUT2D eigenvalue weighted by Gasteiger charge is -2.09. The molecule has 78 valence electrons. The van der Waals surface area contributed by atoms with Gasteiger partial charge in [0.25, 0.3) is 0 Å². The Morgan fingerprint density at radius 3 is 2.80 bits per heavy atom. The number of carbonyl (C=O) groups is 1. The standard InChI is InChI=1S/C10H10N2O3/c11-4-3-8(12)6-1-2-9(13)7(5-6)10(14)15/h1-2,5,8,13H,3,12H2,(H,14,15)/t8-/m1/s1. The van der Waals surface area contributed by atoms with Gasteiger partial charge in [0.05, 0.1) is 12.5 Å². The Kier molecular flexibility index (Phi) is 3.26. The van der Waals surface area contributed by atoms with E-state index in [2.05, 4.69) is 0 Å². The molecule has 0 aliphatic carbocycles. The first-order chi connectivity index (χ1) is 7.06. The van der Waals surface area contributed by atoms with Crippen molar-refractivity contribution < 1.29 is 15.0 Å². The van der Waals surface area contributed by atoms with Gasteiger partial charge >= 0.3 is 5.97 Å². The highest BCUT2D eigenvalue weighted by Crippen LogP contribution is 2.22. The van der Waals surface area contributed by atoms with Gasteiger partial charge in [-0.15, -0.1) is 0 Å². The van der Waals surface area contributed by atoms with Crippen LogP contribution in [-0.4, -0.2) is 16.2 Å². The second kappa shape index (κ2) is 4.44. The first-order valence-corrected chi connectivity index (χ1v) is 4.25. The molecule has 1 atom stereocenters. The van der Waals surface area contributed by atoms with Gasteiger partial charge in [-0.3, -0.25) is 0 Å². The molecule has 1 aromatic carbocycles. The minimum absolute atomic E-state index is 0.101. The van der Waals surface area contributed by atoms with Gasteiger partial charge in [-0.25, -0.2) is 4.79 Å². The van der Waals surface area contributed by atoms with Crippen molar-refractivity contribution in [2.45, 2.75) is 12.5 Å². The summed E-state index contributed by atoms with van der Waals surface area (Å²) in [4.78, 5) is 10.7. The van der Waals surface area contributed by atoms with E-state index in [9.17, 15) is 9.90 Å². The van der Waals surface area contributed by atoms with Gasteiger partial charge in [-0.2, -0.15) is 5.26 Å². The van der Waals surface area contributed by atoms with Crippen LogP contribution in [-0.2, 0) is 0 Å². The summed E-state index contributed by atoms with van der Waals surface area (Å²) in [6, 6.07) is 5.40. The maximum atomic E-state index is 10.7. The van der Waals surface area contributed by atoms with Gasteiger partial charge in [-0.1, -0.05) is 6.07 Å². The number of hydrogen-bond acceptors (Lipinski definition) is 4. The van der Waals surface area contributed by atoms with Crippen molar-refractivity contribution in [1.82, 2.24) is 0 Å². The zero-order valence-electron chi connectivity index (χ0n) is 7.84. The van der Waals surface area contributed by atoms with Gasteiger partial charge in [-0.05, 0) is 17.7 Å². The number of nitrogens with zero attached hydrogens (tertiary/aromatic N) is 1. The van der Waals surface area contributed by atoms with Crippen molar-refractivity contribution in [2.24, 2.45) is 5.73 Å². The summed E-state index contributed by atoms with van der Waals surface area (Å²) in [6.07, 6.45) is 0.101. The number of nitriles is 1. The third kappa shape index (κ3) is 2.45. The molecule has 15 heavy (non-hydrogen) atoms. The third-order valence-electron chi connectivity index (χ3n) is 1.99. The monoisotopic (exact) mass is 206 g/mol. The molecule has 5 heteroatoms. The van der Waals surface area contributed by atoms with Gasteiger partial charge in [0.2, 0.25) is 0 Å². The number of benzene rings is 1. The van der Waals surface area contributed by atoms with Crippen molar-refractivity contribution in [3.63, 3.8) is 0 Å². The minimum atomic E-state index is -1.22. The predicted molar refractivity (Wildman–Crippen MR) is 52.2 cm³/mol. The highest BCUT2D eigenvalue weighted by molar-refractivity contribution is 5.90. The van der Waals surface area contributed by atoms with Crippen LogP contribution in [0.1, 0.15) is 28.4 Å². The first kappa shape index (κ1) is 11.0. The molecule has 0 aliphatic heterocycles. The van der Waals surface area contributed by atoms with Gasteiger partial charge in [0.15, 0.2) is 0 Å². The van der Waals surface area contributed by atoms with E-state index < -0.39 is 12.0 Å². The molecule has 0 bridgehead atoms. The molecule has 0 amide bonds. The molecule has 0 saturated heterocycles. The second-order valence-corrected chi connectivity index (χ2v) is 3.05. The van der Waals surface area contributed by atoms with Crippen LogP contribution >= 0.6 is 0 Å². The number of carboxylic acids is 1. The van der Waals surface area contributed by atoms with E-state index in [1.165, 1.54) is 18.2 Å². The lowest BCUT2D eigenvalue weighted by atomic mass is 10.0. The normalized spacial score (nSPS) is 11.7. The summed E-state index contributed by atoms with van der Waals surface area (Å²) >= 11 is 0. The molecule has 0 aliphatic rings. The lowest BCUT2D eigenvalue weighted by Crippen LogP contribution is -2.10. The van der Waals surface area contributed by atoms with E-state index in [-0.39, 0.29) is 17.7 Å². The second-order valence-electron chi connectivity index (χ2n) is 3.05. The van der Waals surface area contributed by atoms with E-state index in [1.54, 1.807) is 0 Å². The molecule has 0 spiro atoms. The Bertz CT molecular complexity index is 423. The summed E-state index contributed by atoms with van der Waals surface area (Å²) in [5.41, 5.74) is 5.94. The molecular weight excluding hydrogens is 196 g/mol. The van der Waals surface area contributed by atoms with E-state index in [0.29, 0.717) is 5.56 Å². The van der Waals surface area contributed by atoms with Crippen LogP contribution in [0.3, 0.4) is 0 Å². The Balaban J connectivity index is 3.08. The fraction of sp³-hybridized carbons (Fsp3) is 0.200. The average molecular weight is 206 g/mol. The summed E-state index contributed by atoms with van der Waals surface area (Å²) in [5, 5.41) is 26.4. The molecule has 5 nitrogen and oxygen atoms in total. The van der Waals surface area contributed by atoms with Crippen LogP contribution in [0.4, 0.5) is 0 Å². The maximum Gasteiger partial charge on any atom is 0.339 e. The molecule has 0 unspecified atom stereocenters. The fourth-order valence-corrected chi connectivity index (χ4v) is 1.17. The molecule has 0 radical (unpaired) electrons. The van der Waals surface area contributed by atoms with Crippen molar-refractivity contribution in [2.75, 3.05) is 0 Å². The molecule has 0 aromatic heterocycles. The van der Waals surface area contributed by atoms with Crippen molar-refractivity contribution in [3.05, 3.63) is 29.3 Å². The van der Waals surface area contributed by atoms with Crippen LogP contribution in [0.2, 0.25) is 0 Å². The highest BCUT2D eigenvalue weighted by Gasteiger charge is 2.13. The maximum absolute atomic E-state index is 10.7. The Hall–Kier alpha value is -2.06. The lowest BCUT2D eigenvalue weighted by molar-refractivity contribution is 0.0693. The smallest absolute Gasteiger partial charge is 0.339 e. The quantitative estimate of drug-likeness (QED) is 0.683. The van der Waals surface area contributed by atoms with E-state index in [0.717, 1.165) is 0 Å². The molecule has 4 N–H and O–H groups in total. The first-order valence-electron chi connectivity index (χ1n) is 4.25. The Morgan fingerprint density at radius 1 is 1.60 bits per heavy atom. The average Bonchev–Trinajstić information content (AvgIpc) is 2.18. The number of phenols is 1.